The lowest BCUT2D eigenvalue weighted by atomic mass is 10.2. The lowest BCUT2D eigenvalue weighted by Crippen LogP contribution is -2.48. The molecule has 4 rings (SSSR count). The third-order valence-electron chi connectivity index (χ3n) is 4.46. The minimum Gasteiger partial charge on any atom is -0.340 e. The van der Waals surface area contributed by atoms with Gasteiger partial charge in [-0.1, -0.05) is 23.4 Å². The smallest absolute Gasteiger partial charge is 0.257 e. The molecule has 0 N–H and O–H groups in total. The van der Waals surface area contributed by atoms with Gasteiger partial charge < -0.3 is 9.42 Å². The number of piperazine rings is 1. The molecule has 1 aromatic heterocycles. The summed E-state index contributed by atoms with van der Waals surface area (Å²) in [5.41, 5.74) is 0.936. The van der Waals surface area contributed by atoms with Gasteiger partial charge in [-0.3, -0.25) is 9.69 Å². The molecule has 1 amide bonds. The molecule has 1 aliphatic carbocycles. The van der Waals surface area contributed by atoms with Gasteiger partial charge in [-0.15, -0.1) is 0 Å². The number of amides is 1. The molecule has 2 aromatic rings. The van der Waals surface area contributed by atoms with Crippen LogP contribution in [-0.4, -0.2) is 52.0 Å². The van der Waals surface area contributed by atoms with Gasteiger partial charge in [-0.2, -0.15) is 4.98 Å². The van der Waals surface area contributed by atoms with Crippen LogP contribution in [0.15, 0.2) is 34.9 Å². The number of carbonyl (C=O) groups excluding carboxylic acids is 1. The van der Waals surface area contributed by atoms with Crippen LogP contribution in [-0.2, 0) is 11.3 Å². The summed E-state index contributed by atoms with van der Waals surface area (Å²) in [7, 11) is 0. The van der Waals surface area contributed by atoms with Crippen molar-refractivity contribution in [2.24, 2.45) is 5.92 Å². The number of carbonyl (C=O) groups is 1. The fourth-order valence-electron chi connectivity index (χ4n) is 2.93. The van der Waals surface area contributed by atoms with Crippen molar-refractivity contribution in [2.45, 2.75) is 19.4 Å². The highest BCUT2D eigenvalue weighted by Crippen LogP contribution is 2.31. The van der Waals surface area contributed by atoms with Gasteiger partial charge in [0.05, 0.1) is 6.54 Å². The third kappa shape index (κ3) is 3.27. The maximum Gasteiger partial charge on any atom is 0.257 e. The first-order chi connectivity index (χ1) is 11.3. The predicted molar refractivity (Wildman–Crippen MR) is 84.3 cm³/mol. The lowest BCUT2D eigenvalue weighted by Gasteiger charge is -2.34. The number of aromatic nitrogens is 2. The molecule has 2 heterocycles. The standard InChI is InChI=1S/C17H20N4O2/c22-17(14-6-7-14)21-10-8-20(9-11-21)12-15-18-16(23-19-15)13-4-2-1-3-5-13/h1-5,14H,6-12H2. The zero-order valence-electron chi connectivity index (χ0n) is 13.0. The second kappa shape index (κ2) is 6.12. The molecular weight excluding hydrogens is 292 g/mol. The van der Waals surface area contributed by atoms with E-state index in [1.54, 1.807) is 0 Å². The third-order valence-corrected chi connectivity index (χ3v) is 4.46. The van der Waals surface area contributed by atoms with Gasteiger partial charge in [0.25, 0.3) is 5.89 Å². The maximum atomic E-state index is 12.1. The number of nitrogens with zero attached hydrogens (tertiary/aromatic N) is 4. The molecule has 120 valence electrons. The van der Waals surface area contributed by atoms with E-state index in [1.165, 1.54) is 0 Å². The monoisotopic (exact) mass is 312 g/mol. The van der Waals surface area contributed by atoms with E-state index in [4.69, 9.17) is 4.52 Å². The van der Waals surface area contributed by atoms with Gasteiger partial charge in [0.15, 0.2) is 5.82 Å². The lowest BCUT2D eigenvalue weighted by molar-refractivity contribution is -0.134. The highest BCUT2D eigenvalue weighted by Gasteiger charge is 2.34. The van der Waals surface area contributed by atoms with Crippen molar-refractivity contribution in [1.82, 2.24) is 19.9 Å². The molecular formula is C17H20N4O2. The van der Waals surface area contributed by atoms with E-state index in [0.29, 0.717) is 30.1 Å². The molecule has 0 bridgehead atoms. The van der Waals surface area contributed by atoms with Gasteiger partial charge in [0, 0.05) is 37.7 Å². The Balaban J connectivity index is 1.33. The van der Waals surface area contributed by atoms with Gasteiger partial charge in [-0.05, 0) is 25.0 Å². The average Bonchev–Trinajstić information content (AvgIpc) is 3.35. The fraction of sp³-hybridized carbons (Fsp3) is 0.471. The molecule has 0 spiro atoms. The van der Waals surface area contributed by atoms with E-state index < -0.39 is 0 Å². The summed E-state index contributed by atoms with van der Waals surface area (Å²) in [6.07, 6.45) is 2.15. The quantitative estimate of drug-likeness (QED) is 0.861. The SMILES string of the molecule is O=C(C1CC1)N1CCN(Cc2noc(-c3ccccc3)n2)CC1. The Morgan fingerprint density at radius 2 is 1.87 bits per heavy atom. The zero-order valence-corrected chi connectivity index (χ0v) is 13.0. The summed E-state index contributed by atoms with van der Waals surface area (Å²) in [5, 5.41) is 4.07. The Morgan fingerprint density at radius 1 is 1.13 bits per heavy atom. The Kier molecular flexibility index (Phi) is 3.83. The fourth-order valence-corrected chi connectivity index (χ4v) is 2.93. The van der Waals surface area contributed by atoms with Gasteiger partial charge in [0.1, 0.15) is 0 Å². The number of rotatable bonds is 4. The number of benzene rings is 1. The maximum absolute atomic E-state index is 12.1. The molecule has 23 heavy (non-hydrogen) atoms. The van der Waals surface area contributed by atoms with Crippen LogP contribution in [0.2, 0.25) is 0 Å². The summed E-state index contributed by atoms with van der Waals surface area (Å²) in [6, 6.07) is 9.78. The van der Waals surface area contributed by atoms with E-state index in [1.807, 2.05) is 35.2 Å². The minimum atomic E-state index is 0.312. The highest BCUT2D eigenvalue weighted by molar-refractivity contribution is 5.81. The van der Waals surface area contributed by atoms with E-state index in [9.17, 15) is 4.79 Å². The predicted octanol–water partition coefficient (Wildman–Crippen LogP) is 1.79. The second-order valence-corrected chi connectivity index (χ2v) is 6.26. The molecule has 1 saturated carbocycles. The Labute approximate surface area is 135 Å². The van der Waals surface area contributed by atoms with Crippen molar-refractivity contribution in [2.75, 3.05) is 26.2 Å². The number of hydrogen-bond donors (Lipinski definition) is 0. The largest absolute Gasteiger partial charge is 0.340 e. The first-order valence-electron chi connectivity index (χ1n) is 8.19. The van der Waals surface area contributed by atoms with Crippen molar-refractivity contribution in [3.63, 3.8) is 0 Å². The van der Waals surface area contributed by atoms with Crippen LogP contribution in [0.4, 0.5) is 0 Å². The van der Waals surface area contributed by atoms with Crippen molar-refractivity contribution in [3.8, 4) is 11.5 Å². The number of hydrogen-bond acceptors (Lipinski definition) is 5. The topological polar surface area (TPSA) is 62.5 Å². The molecule has 6 nitrogen and oxygen atoms in total. The molecule has 0 atom stereocenters. The zero-order chi connectivity index (χ0) is 15.6. The van der Waals surface area contributed by atoms with Crippen molar-refractivity contribution >= 4 is 5.91 Å². The Hall–Kier alpha value is -2.21. The normalized spacial score (nSPS) is 19.0. The summed E-state index contributed by atoms with van der Waals surface area (Å²) in [4.78, 5) is 20.8. The van der Waals surface area contributed by atoms with Crippen molar-refractivity contribution in [3.05, 3.63) is 36.2 Å². The highest BCUT2D eigenvalue weighted by atomic mass is 16.5. The minimum absolute atomic E-state index is 0.312. The van der Waals surface area contributed by atoms with Crippen molar-refractivity contribution in [1.29, 1.82) is 0 Å². The molecule has 6 heteroatoms. The summed E-state index contributed by atoms with van der Waals surface area (Å²) in [6.45, 7) is 4.01. The summed E-state index contributed by atoms with van der Waals surface area (Å²) in [5.74, 6) is 1.91. The van der Waals surface area contributed by atoms with E-state index in [2.05, 4.69) is 15.0 Å². The summed E-state index contributed by atoms with van der Waals surface area (Å²) >= 11 is 0. The van der Waals surface area contributed by atoms with Crippen LogP contribution in [0.1, 0.15) is 18.7 Å². The molecule has 2 fully saturated rings. The van der Waals surface area contributed by atoms with Gasteiger partial charge in [-0.25, -0.2) is 0 Å². The van der Waals surface area contributed by atoms with Gasteiger partial charge in [0.2, 0.25) is 5.91 Å². The molecule has 0 radical (unpaired) electrons. The van der Waals surface area contributed by atoms with Crippen LogP contribution in [0.25, 0.3) is 11.5 Å². The summed E-state index contributed by atoms with van der Waals surface area (Å²) < 4.78 is 5.34. The van der Waals surface area contributed by atoms with E-state index in [0.717, 1.165) is 44.6 Å². The van der Waals surface area contributed by atoms with E-state index in [-0.39, 0.29) is 0 Å². The first-order valence-corrected chi connectivity index (χ1v) is 8.19. The van der Waals surface area contributed by atoms with Crippen LogP contribution in [0.3, 0.4) is 0 Å². The van der Waals surface area contributed by atoms with Crippen LogP contribution >= 0.6 is 0 Å². The van der Waals surface area contributed by atoms with E-state index >= 15 is 0 Å². The van der Waals surface area contributed by atoms with Crippen LogP contribution < -0.4 is 0 Å². The molecule has 1 aromatic carbocycles. The molecule has 2 aliphatic rings. The van der Waals surface area contributed by atoms with Gasteiger partial charge >= 0.3 is 0 Å². The van der Waals surface area contributed by atoms with Crippen LogP contribution in [0, 0.1) is 5.92 Å². The Bertz CT molecular complexity index is 673. The van der Waals surface area contributed by atoms with Crippen LogP contribution in [0.5, 0.6) is 0 Å². The first kappa shape index (κ1) is 14.4. The molecule has 1 saturated heterocycles. The Morgan fingerprint density at radius 3 is 2.57 bits per heavy atom. The molecule has 0 unspecified atom stereocenters. The second-order valence-electron chi connectivity index (χ2n) is 6.26. The van der Waals surface area contributed by atoms with Crippen molar-refractivity contribution < 1.29 is 9.32 Å². The molecule has 1 aliphatic heterocycles. The average molecular weight is 312 g/mol.